The van der Waals surface area contributed by atoms with Gasteiger partial charge in [0.25, 0.3) is 0 Å². The van der Waals surface area contributed by atoms with E-state index in [0.29, 0.717) is 17.7 Å². The van der Waals surface area contributed by atoms with Gasteiger partial charge in [0.2, 0.25) is 5.96 Å². The first-order valence-corrected chi connectivity index (χ1v) is 10.3. The van der Waals surface area contributed by atoms with E-state index in [-0.39, 0.29) is 11.2 Å². The maximum Gasteiger partial charge on any atom is 0.357 e. The van der Waals surface area contributed by atoms with Gasteiger partial charge in [-0.2, -0.15) is 0 Å². The number of nitrogens with one attached hydrogen (secondary N) is 2. The number of nitrogens with zero attached hydrogens (tertiary/aromatic N) is 3. The van der Waals surface area contributed by atoms with Gasteiger partial charge in [-0.25, -0.2) is 14.8 Å². The van der Waals surface area contributed by atoms with Crippen molar-refractivity contribution in [3.63, 3.8) is 0 Å². The van der Waals surface area contributed by atoms with E-state index in [0.717, 1.165) is 22.3 Å². The number of thiazole rings is 1. The van der Waals surface area contributed by atoms with Gasteiger partial charge in [-0.05, 0) is 46.8 Å². The average Bonchev–Trinajstić information content (AvgIpc) is 3.09. The lowest BCUT2D eigenvalue weighted by Crippen LogP contribution is -2.27. The number of esters is 1. The molecule has 0 aliphatic rings. The molecule has 3 aromatic rings. The van der Waals surface area contributed by atoms with Crippen molar-refractivity contribution in [3.8, 4) is 0 Å². The summed E-state index contributed by atoms with van der Waals surface area (Å²) in [7, 11) is 0. The normalized spacial score (nSPS) is 12.1. The molecule has 0 amide bonds. The molecule has 1 aromatic carbocycles. The number of rotatable bonds is 4. The summed E-state index contributed by atoms with van der Waals surface area (Å²) in [5, 5.41) is 9.80. The van der Waals surface area contributed by atoms with Crippen LogP contribution in [0.15, 0.2) is 40.7 Å². The van der Waals surface area contributed by atoms with Gasteiger partial charge in [0.05, 0.1) is 23.3 Å². The second kappa shape index (κ2) is 8.57. The van der Waals surface area contributed by atoms with Gasteiger partial charge in [0.1, 0.15) is 0 Å². The fourth-order valence-corrected chi connectivity index (χ4v) is 3.37. The highest BCUT2D eigenvalue weighted by Gasteiger charge is 2.16. The van der Waals surface area contributed by atoms with E-state index in [1.54, 1.807) is 12.3 Å². The van der Waals surface area contributed by atoms with Crippen LogP contribution in [0.2, 0.25) is 0 Å². The summed E-state index contributed by atoms with van der Waals surface area (Å²) in [6, 6.07) is 9.92. The minimum absolute atomic E-state index is 0.277. The number of benzene rings is 1. The molecule has 2 N–H and O–H groups in total. The smallest absolute Gasteiger partial charge is 0.357 e. The number of fused-ring (bicyclic) bond motifs is 1. The maximum absolute atomic E-state index is 11.9. The Morgan fingerprint density at radius 3 is 2.69 bits per heavy atom. The monoisotopic (exact) mass is 411 g/mol. The predicted octanol–water partition coefficient (Wildman–Crippen LogP) is 4.85. The molecule has 3 rings (SSSR count). The lowest BCUT2D eigenvalue weighted by atomic mass is 10.1. The van der Waals surface area contributed by atoms with Crippen LogP contribution in [0.25, 0.3) is 10.9 Å². The van der Waals surface area contributed by atoms with Crippen molar-refractivity contribution >= 4 is 45.0 Å². The van der Waals surface area contributed by atoms with Gasteiger partial charge in [0.15, 0.2) is 10.8 Å². The number of aliphatic imine (C=N–C) groups is 1. The highest BCUT2D eigenvalue weighted by atomic mass is 32.1. The van der Waals surface area contributed by atoms with Crippen LogP contribution >= 0.6 is 11.3 Å². The minimum atomic E-state index is -0.435. The number of anilines is 2. The van der Waals surface area contributed by atoms with E-state index >= 15 is 0 Å². The molecule has 0 radical (unpaired) electrons. The number of hydrogen-bond donors (Lipinski definition) is 2. The second-order valence-corrected chi connectivity index (χ2v) is 8.33. The number of carbonyl (C=O) groups excluding carboxylic acids is 1. The Bertz CT molecular complexity index is 1050. The zero-order valence-electron chi connectivity index (χ0n) is 17.2. The summed E-state index contributed by atoms with van der Waals surface area (Å²) >= 11 is 1.32. The van der Waals surface area contributed by atoms with Crippen molar-refractivity contribution in [3.05, 3.63) is 47.1 Å². The molecule has 2 aromatic heterocycles. The minimum Gasteiger partial charge on any atom is -0.461 e. The first-order valence-electron chi connectivity index (χ1n) is 9.38. The van der Waals surface area contributed by atoms with Crippen LogP contribution < -0.4 is 10.6 Å². The van der Waals surface area contributed by atoms with E-state index in [2.05, 4.69) is 20.6 Å². The molecule has 8 heteroatoms. The summed E-state index contributed by atoms with van der Waals surface area (Å²) in [6.07, 6.45) is 0. The number of aromatic nitrogens is 2. The number of hydrogen-bond acceptors (Lipinski definition) is 6. The van der Waals surface area contributed by atoms with E-state index < -0.39 is 5.97 Å². The van der Waals surface area contributed by atoms with Gasteiger partial charge in [-0.3, -0.25) is 4.98 Å². The third-order valence-electron chi connectivity index (χ3n) is 3.76. The van der Waals surface area contributed by atoms with Gasteiger partial charge in [-0.15, -0.1) is 11.3 Å². The zero-order chi connectivity index (χ0) is 21.0. The van der Waals surface area contributed by atoms with Crippen molar-refractivity contribution in [2.75, 3.05) is 17.2 Å². The zero-order valence-corrected chi connectivity index (χ0v) is 18.1. The Morgan fingerprint density at radius 2 is 1.97 bits per heavy atom. The molecular formula is C21H25N5O2S. The van der Waals surface area contributed by atoms with E-state index in [9.17, 15) is 4.79 Å². The average molecular weight is 412 g/mol. The van der Waals surface area contributed by atoms with Crippen LogP contribution in [0.4, 0.5) is 10.8 Å². The first-order chi connectivity index (χ1) is 13.7. The van der Waals surface area contributed by atoms with Crippen molar-refractivity contribution < 1.29 is 9.53 Å². The van der Waals surface area contributed by atoms with Crippen LogP contribution in [0.5, 0.6) is 0 Å². The number of pyridine rings is 1. The SMILES string of the molecule is CCOC(=O)c1csc(NC(=NC(C)(C)C)Nc2cc(C)nc3ccccc23)n1. The summed E-state index contributed by atoms with van der Waals surface area (Å²) in [5.41, 5.74) is 2.66. The Kier molecular flexibility index (Phi) is 6.12. The molecule has 7 nitrogen and oxygen atoms in total. The Balaban J connectivity index is 1.92. The van der Waals surface area contributed by atoms with Gasteiger partial charge >= 0.3 is 5.97 Å². The molecule has 0 fully saturated rings. The number of para-hydroxylation sites is 1. The third-order valence-corrected chi connectivity index (χ3v) is 4.52. The molecular weight excluding hydrogens is 386 g/mol. The second-order valence-electron chi connectivity index (χ2n) is 7.47. The lowest BCUT2D eigenvalue weighted by Gasteiger charge is -2.18. The maximum atomic E-state index is 11.9. The number of aryl methyl sites for hydroxylation is 1. The van der Waals surface area contributed by atoms with Crippen LogP contribution in [0.3, 0.4) is 0 Å². The number of carbonyl (C=O) groups is 1. The Hall–Kier alpha value is -3.00. The Labute approximate surface area is 174 Å². The lowest BCUT2D eigenvalue weighted by molar-refractivity contribution is 0.0520. The highest BCUT2D eigenvalue weighted by molar-refractivity contribution is 7.14. The molecule has 0 spiro atoms. The molecule has 2 heterocycles. The third kappa shape index (κ3) is 5.51. The molecule has 29 heavy (non-hydrogen) atoms. The topological polar surface area (TPSA) is 88.5 Å². The van der Waals surface area contributed by atoms with Crippen LogP contribution in [-0.4, -0.2) is 34.0 Å². The van der Waals surface area contributed by atoms with Crippen molar-refractivity contribution in [2.45, 2.75) is 40.2 Å². The van der Waals surface area contributed by atoms with E-state index in [1.165, 1.54) is 11.3 Å². The van der Waals surface area contributed by atoms with Crippen molar-refractivity contribution in [1.29, 1.82) is 0 Å². The summed E-state index contributed by atoms with van der Waals surface area (Å²) in [4.78, 5) is 25.5. The summed E-state index contributed by atoms with van der Waals surface area (Å²) in [5.74, 6) is 0.104. The summed E-state index contributed by atoms with van der Waals surface area (Å²) in [6.45, 7) is 10.1. The fraction of sp³-hybridized carbons (Fsp3) is 0.333. The van der Waals surface area contributed by atoms with Crippen molar-refractivity contribution in [1.82, 2.24) is 9.97 Å². The molecule has 0 aliphatic heterocycles. The van der Waals surface area contributed by atoms with Crippen molar-refractivity contribution in [2.24, 2.45) is 4.99 Å². The van der Waals surface area contributed by atoms with Crippen LogP contribution in [-0.2, 0) is 4.74 Å². The van der Waals surface area contributed by atoms with Crippen LogP contribution in [0.1, 0.15) is 43.9 Å². The standard InChI is InChI=1S/C21H25N5O2S/c1-6-28-18(27)17-12-29-20(24-17)25-19(26-21(3,4)5)23-16-11-13(2)22-15-10-8-7-9-14(15)16/h7-12H,6H2,1-5H3,(H2,22,23,24,25,26). The molecule has 0 saturated heterocycles. The highest BCUT2D eigenvalue weighted by Crippen LogP contribution is 2.24. The van der Waals surface area contributed by atoms with Gasteiger partial charge < -0.3 is 15.4 Å². The van der Waals surface area contributed by atoms with Crippen LogP contribution in [0, 0.1) is 6.92 Å². The van der Waals surface area contributed by atoms with Gasteiger partial charge in [-0.1, -0.05) is 18.2 Å². The number of ether oxygens (including phenoxy) is 1. The molecule has 152 valence electrons. The van der Waals surface area contributed by atoms with Gasteiger partial charge in [0, 0.05) is 16.5 Å². The summed E-state index contributed by atoms with van der Waals surface area (Å²) < 4.78 is 5.01. The predicted molar refractivity (Wildman–Crippen MR) is 119 cm³/mol. The molecule has 0 aliphatic carbocycles. The quantitative estimate of drug-likeness (QED) is 0.362. The molecule has 0 bridgehead atoms. The fourth-order valence-electron chi connectivity index (χ4n) is 2.69. The van der Waals surface area contributed by atoms with E-state index in [1.807, 2.05) is 58.0 Å². The Morgan fingerprint density at radius 1 is 1.21 bits per heavy atom. The molecule has 0 unspecified atom stereocenters. The largest absolute Gasteiger partial charge is 0.461 e. The molecule has 0 saturated carbocycles. The number of guanidine groups is 1. The first kappa shape index (κ1) is 20.7. The molecule has 0 atom stereocenters. The van der Waals surface area contributed by atoms with E-state index in [4.69, 9.17) is 9.73 Å².